The first kappa shape index (κ1) is 12.5. The molecule has 0 amide bonds. The summed E-state index contributed by atoms with van der Waals surface area (Å²) in [6, 6.07) is 0. The van der Waals surface area contributed by atoms with Crippen LogP contribution >= 0.6 is 0 Å². The molecule has 0 aliphatic carbocycles. The minimum absolute atomic E-state index is 0.877. The molecule has 0 aromatic carbocycles. The zero-order chi connectivity index (χ0) is 10.7. The van der Waals surface area contributed by atoms with Gasteiger partial charge in [0.2, 0.25) is 0 Å². The van der Waals surface area contributed by atoms with Crippen LogP contribution < -0.4 is 0 Å². The maximum absolute atomic E-state index is 12.4. The Morgan fingerprint density at radius 3 is 1.85 bits per heavy atom. The van der Waals surface area contributed by atoms with Crippen LogP contribution in [0.5, 0.6) is 0 Å². The smallest absolute Gasteiger partial charge is 0.359 e. The Kier molecular flexibility index (Phi) is 3.98. The third-order valence-electron chi connectivity index (χ3n) is 1.05. The Balaban J connectivity index is 4.54. The minimum atomic E-state index is -5.79. The van der Waals surface area contributed by atoms with E-state index in [1.54, 1.807) is 0 Å². The maximum atomic E-state index is 12.4. The van der Waals surface area contributed by atoms with Crippen molar-refractivity contribution in [2.24, 2.45) is 0 Å². The average molecular weight is 212 g/mol. The lowest BCUT2D eigenvalue weighted by molar-refractivity contribution is -0.382. The largest absolute Gasteiger partial charge is 0.454 e. The molecule has 0 fully saturated rings. The summed E-state index contributed by atoms with van der Waals surface area (Å²) in [7, 11) is 0.877. The van der Waals surface area contributed by atoms with Gasteiger partial charge in [-0.25, -0.2) is 8.78 Å². The molecule has 0 aliphatic rings. The predicted octanol–water partition coefficient (Wildman–Crippen LogP) is 2.10. The number of hydrogen-bond acceptors (Lipinski definition) is 2. The molecule has 0 spiro atoms. The Bertz CT molecular complexity index is 158. The van der Waals surface area contributed by atoms with Crippen LogP contribution in [-0.2, 0) is 9.47 Å². The summed E-state index contributed by atoms with van der Waals surface area (Å²) < 4.78 is 77.7. The second-order valence-corrected chi connectivity index (χ2v) is 1.99. The van der Waals surface area contributed by atoms with Crippen molar-refractivity contribution in [1.82, 2.24) is 0 Å². The van der Waals surface area contributed by atoms with Crippen LogP contribution in [0.2, 0.25) is 0 Å². The molecule has 1 unspecified atom stereocenters. The first-order valence-electron chi connectivity index (χ1n) is 2.92. The molecule has 80 valence electrons. The van der Waals surface area contributed by atoms with Crippen LogP contribution in [0, 0.1) is 0 Å². The van der Waals surface area contributed by atoms with Gasteiger partial charge in [0.1, 0.15) is 0 Å². The molecule has 0 aromatic rings. The molecule has 0 saturated heterocycles. The monoisotopic (exact) mass is 212 g/mol. The Morgan fingerprint density at radius 1 is 1.15 bits per heavy atom. The second kappa shape index (κ2) is 4.14. The molecule has 1 atom stereocenters. The summed E-state index contributed by atoms with van der Waals surface area (Å²) in [6.45, 7) is -1.21. The van der Waals surface area contributed by atoms with Crippen molar-refractivity contribution in [1.29, 1.82) is 0 Å². The van der Waals surface area contributed by atoms with E-state index in [4.69, 9.17) is 0 Å². The minimum Gasteiger partial charge on any atom is -0.359 e. The molecule has 0 saturated carbocycles. The van der Waals surface area contributed by atoms with E-state index in [9.17, 15) is 26.3 Å². The molecular formula is C5H6F6O2. The highest BCUT2D eigenvalue weighted by atomic mass is 19.4. The van der Waals surface area contributed by atoms with Crippen molar-refractivity contribution >= 4 is 0 Å². The molecule has 0 aliphatic heterocycles. The topological polar surface area (TPSA) is 18.5 Å². The van der Waals surface area contributed by atoms with Gasteiger partial charge in [-0.2, -0.15) is 17.6 Å². The number of halogens is 6. The number of ether oxygens (including phenoxy) is 2. The molecule has 0 N–H and O–H groups in total. The third-order valence-corrected chi connectivity index (χ3v) is 1.05. The zero-order valence-corrected chi connectivity index (χ0v) is 6.37. The van der Waals surface area contributed by atoms with E-state index in [-0.39, 0.29) is 0 Å². The summed E-state index contributed by atoms with van der Waals surface area (Å²) in [5.74, 6) is -4.97. The molecular weight excluding hydrogens is 206 g/mol. The van der Waals surface area contributed by atoms with E-state index >= 15 is 0 Å². The van der Waals surface area contributed by atoms with Crippen molar-refractivity contribution in [2.75, 3.05) is 13.9 Å². The summed E-state index contributed by atoms with van der Waals surface area (Å²) in [6.07, 6.45) is -10.1. The molecule has 0 bridgehead atoms. The van der Waals surface area contributed by atoms with Gasteiger partial charge in [-0.05, 0) is 0 Å². The standard InChI is InChI=1S/C5H6F6O2/c1-12-2-13-4(8,3(6)7)5(9,10)11/h3H,2H2,1H3. The van der Waals surface area contributed by atoms with Crippen molar-refractivity contribution in [2.45, 2.75) is 18.5 Å². The summed E-state index contributed by atoms with van der Waals surface area (Å²) in [4.78, 5) is 0. The van der Waals surface area contributed by atoms with Crippen LogP contribution in [0.3, 0.4) is 0 Å². The van der Waals surface area contributed by atoms with E-state index < -0.39 is 25.2 Å². The molecule has 0 aromatic heterocycles. The van der Waals surface area contributed by atoms with E-state index in [2.05, 4.69) is 9.47 Å². The van der Waals surface area contributed by atoms with Gasteiger partial charge in [-0.1, -0.05) is 0 Å². The van der Waals surface area contributed by atoms with Gasteiger partial charge in [0.05, 0.1) is 0 Å². The molecule has 0 rings (SSSR count). The normalized spacial score (nSPS) is 17.5. The zero-order valence-electron chi connectivity index (χ0n) is 6.37. The number of hydrogen-bond donors (Lipinski definition) is 0. The highest BCUT2D eigenvalue weighted by Gasteiger charge is 2.64. The SMILES string of the molecule is COCOC(F)(C(F)F)C(F)(F)F. The lowest BCUT2D eigenvalue weighted by atomic mass is 10.3. The lowest BCUT2D eigenvalue weighted by Gasteiger charge is -2.26. The number of rotatable bonds is 4. The van der Waals surface area contributed by atoms with Gasteiger partial charge in [0.25, 0.3) is 0 Å². The maximum Gasteiger partial charge on any atom is 0.454 e. The van der Waals surface area contributed by atoms with Crippen LogP contribution in [0.15, 0.2) is 0 Å². The molecule has 2 nitrogen and oxygen atoms in total. The van der Waals surface area contributed by atoms with Gasteiger partial charge in [-0.3, -0.25) is 0 Å². The van der Waals surface area contributed by atoms with Gasteiger partial charge >= 0.3 is 18.5 Å². The van der Waals surface area contributed by atoms with Crippen molar-refractivity contribution < 1.29 is 35.8 Å². The van der Waals surface area contributed by atoms with E-state index in [1.165, 1.54) is 0 Å². The van der Waals surface area contributed by atoms with Gasteiger partial charge < -0.3 is 9.47 Å². The average Bonchev–Trinajstić information content (AvgIpc) is 1.97. The van der Waals surface area contributed by atoms with Crippen LogP contribution in [0.1, 0.15) is 0 Å². The van der Waals surface area contributed by atoms with Crippen molar-refractivity contribution in [3.8, 4) is 0 Å². The molecule has 0 radical (unpaired) electrons. The Morgan fingerprint density at radius 2 is 1.62 bits per heavy atom. The van der Waals surface area contributed by atoms with Gasteiger partial charge in [-0.15, -0.1) is 0 Å². The number of alkyl halides is 6. The highest BCUT2D eigenvalue weighted by molar-refractivity contribution is 4.79. The fourth-order valence-electron chi connectivity index (χ4n) is 0.413. The fraction of sp³-hybridized carbons (Fsp3) is 1.00. The van der Waals surface area contributed by atoms with Crippen LogP contribution in [-0.4, -0.2) is 32.4 Å². The summed E-state index contributed by atoms with van der Waals surface area (Å²) >= 11 is 0. The Labute approximate surface area is 69.4 Å². The quantitative estimate of drug-likeness (QED) is 0.524. The lowest BCUT2D eigenvalue weighted by Crippen LogP contribution is -2.50. The van der Waals surface area contributed by atoms with Crippen LogP contribution in [0.4, 0.5) is 26.3 Å². The molecule has 13 heavy (non-hydrogen) atoms. The van der Waals surface area contributed by atoms with Gasteiger partial charge in [0.15, 0.2) is 6.79 Å². The van der Waals surface area contributed by atoms with Gasteiger partial charge in [0, 0.05) is 7.11 Å². The first-order valence-corrected chi connectivity index (χ1v) is 2.92. The fourth-order valence-corrected chi connectivity index (χ4v) is 0.413. The summed E-state index contributed by atoms with van der Waals surface area (Å²) in [5, 5.41) is 0. The van der Waals surface area contributed by atoms with E-state index in [1.807, 2.05) is 0 Å². The van der Waals surface area contributed by atoms with E-state index in [0.717, 1.165) is 7.11 Å². The molecule has 0 heterocycles. The van der Waals surface area contributed by atoms with Crippen molar-refractivity contribution in [3.05, 3.63) is 0 Å². The van der Waals surface area contributed by atoms with Crippen molar-refractivity contribution in [3.63, 3.8) is 0 Å². The van der Waals surface area contributed by atoms with E-state index in [0.29, 0.717) is 0 Å². The second-order valence-electron chi connectivity index (χ2n) is 1.99. The summed E-state index contributed by atoms with van der Waals surface area (Å²) in [5.41, 5.74) is 0. The predicted molar refractivity (Wildman–Crippen MR) is 28.9 cm³/mol. The third kappa shape index (κ3) is 2.73. The Hall–Kier alpha value is -0.500. The molecule has 8 heteroatoms. The van der Waals surface area contributed by atoms with Crippen LogP contribution in [0.25, 0.3) is 0 Å². The first-order chi connectivity index (χ1) is 5.75. The highest BCUT2D eigenvalue weighted by Crippen LogP contribution is 2.39. The number of methoxy groups -OCH3 is 1.